The van der Waals surface area contributed by atoms with E-state index in [0.717, 1.165) is 50.0 Å². The summed E-state index contributed by atoms with van der Waals surface area (Å²) in [5, 5.41) is 6.66. The number of nitrogens with one attached hydrogen (secondary N) is 2. The van der Waals surface area contributed by atoms with Crippen LogP contribution in [-0.4, -0.2) is 35.1 Å². The van der Waals surface area contributed by atoms with Crippen molar-refractivity contribution in [1.82, 2.24) is 20.2 Å². The highest BCUT2D eigenvalue weighted by molar-refractivity contribution is 14.0. The van der Waals surface area contributed by atoms with Crippen LogP contribution in [0.1, 0.15) is 24.1 Å². The average molecular weight is 493 g/mol. The molecule has 0 saturated heterocycles. The van der Waals surface area contributed by atoms with Gasteiger partial charge in [-0.15, -0.1) is 24.0 Å². The summed E-state index contributed by atoms with van der Waals surface area (Å²) in [5.41, 5.74) is 1.28. The molecule has 3 aromatic rings. The Morgan fingerprint density at radius 2 is 1.96 bits per heavy atom. The molecule has 6 nitrogen and oxygen atoms in total. The van der Waals surface area contributed by atoms with Crippen molar-refractivity contribution in [2.24, 2.45) is 4.99 Å². The molecule has 0 radical (unpaired) electrons. The van der Waals surface area contributed by atoms with Crippen LogP contribution in [0.4, 0.5) is 0 Å². The highest BCUT2D eigenvalue weighted by Gasteiger charge is 2.05. The first-order chi connectivity index (χ1) is 13.3. The molecule has 0 bridgehead atoms. The first-order valence-corrected chi connectivity index (χ1v) is 9.43. The van der Waals surface area contributed by atoms with Crippen LogP contribution in [0.5, 0.6) is 0 Å². The van der Waals surface area contributed by atoms with Crippen molar-refractivity contribution in [2.45, 2.75) is 26.3 Å². The quantitative estimate of drug-likeness (QED) is 0.272. The van der Waals surface area contributed by atoms with Crippen molar-refractivity contribution in [3.63, 3.8) is 0 Å². The molecule has 28 heavy (non-hydrogen) atoms. The number of imidazole rings is 1. The fourth-order valence-corrected chi connectivity index (χ4v) is 2.86. The summed E-state index contributed by atoms with van der Waals surface area (Å²) in [6, 6.07) is 14.3. The van der Waals surface area contributed by atoms with Gasteiger partial charge in [-0.25, -0.2) is 4.98 Å². The van der Waals surface area contributed by atoms with Crippen LogP contribution in [0, 0.1) is 0 Å². The van der Waals surface area contributed by atoms with Crippen molar-refractivity contribution in [3.8, 4) is 0 Å². The van der Waals surface area contributed by atoms with Crippen LogP contribution in [0.15, 0.2) is 70.5 Å². The van der Waals surface area contributed by atoms with Gasteiger partial charge in [0.05, 0.1) is 6.26 Å². The standard InChI is InChI=1S/C21H27N5O.HI/c1-2-22-21(24-12-10-19-9-6-16-27-19)25-13-11-20-23-14-15-26(20)17-18-7-4-3-5-8-18;/h3-9,14-16H,2,10-13,17H2,1H3,(H2,22,24,25);1H. The predicted molar refractivity (Wildman–Crippen MR) is 123 cm³/mol. The number of benzene rings is 1. The van der Waals surface area contributed by atoms with Gasteiger partial charge in [0.2, 0.25) is 0 Å². The molecular weight excluding hydrogens is 465 g/mol. The zero-order valence-corrected chi connectivity index (χ0v) is 18.5. The number of halogens is 1. The topological polar surface area (TPSA) is 67.4 Å². The van der Waals surface area contributed by atoms with Crippen LogP contribution < -0.4 is 10.6 Å². The average Bonchev–Trinajstić information content (AvgIpc) is 3.35. The van der Waals surface area contributed by atoms with Crippen molar-refractivity contribution in [1.29, 1.82) is 0 Å². The van der Waals surface area contributed by atoms with Crippen molar-refractivity contribution in [3.05, 3.63) is 78.3 Å². The summed E-state index contributed by atoms with van der Waals surface area (Å²) in [5.74, 6) is 2.85. The second-order valence-electron chi connectivity index (χ2n) is 6.22. The molecule has 0 spiro atoms. The predicted octanol–water partition coefficient (Wildman–Crippen LogP) is 3.48. The number of nitrogens with zero attached hydrogens (tertiary/aromatic N) is 3. The number of furan rings is 1. The maximum Gasteiger partial charge on any atom is 0.191 e. The first-order valence-electron chi connectivity index (χ1n) is 9.43. The minimum absolute atomic E-state index is 0. The molecule has 2 N–H and O–H groups in total. The summed E-state index contributed by atoms with van der Waals surface area (Å²) >= 11 is 0. The maximum absolute atomic E-state index is 5.35. The lowest BCUT2D eigenvalue weighted by molar-refractivity contribution is 0.510. The van der Waals surface area contributed by atoms with Gasteiger partial charge in [0.1, 0.15) is 11.6 Å². The summed E-state index contributed by atoms with van der Waals surface area (Å²) in [6.45, 7) is 5.20. The van der Waals surface area contributed by atoms with E-state index in [1.807, 2.05) is 30.6 Å². The molecule has 3 rings (SSSR count). The summed E-state index contributed by atoms with van der Waals surface area (Å²) in [4.78, 5) is 9.11. The highest BCUT2D eigenvalue weighted by Crippen LogP contribution is 2.06. The second kappa shape index (κ2) is 12.2. The van der Waals surface area contributed by atoms with Crippen molar-refractivity contribution in [2.75, 3.05) is 19.6 Å². The number of hydrogen-bond donors (Lipinski definition) is 2. The minimum atomic E-state index is 0. The van der Waals surface area contributed by atoms with E-state index >= 15 is 0 Å². The molecule has 0 aliphatic heterocycles. The molecule has 7 heteroatoms. The molecule has 0 aliphatic carbocycles. The van der Waals surface area contributed by atoms with Crippen LogP contribution in [0.2, 0.25) is 0 Å². The van der Waals surface area contributed by atoms with Gasteiger partial charge in [-0.2, -0.15) is 0 Å². The molecule has 0 saturated carbocycles. The Morgan fingerprint density at radius 3 is 2.71 bits per heavy atom. The van der Waals surface area contributed by atoms with E-state index in [4.69, 9.17) is 4.42 Å². The summed E-state index contributed by atoms with van der Waals surface area (Å²) in [6.07, 6.45) is 7.22. The van der Waals surface area contributed by atoms with Crippen LogP contribution in [0.25, 0.3) is 0 Å². The van der Waals surface area contributed by atoms with E-state index in [1.54, 1.807) is 6.26 Å². The Bertz CT molecular complexity index is 814. The molecule has 150 valence electrons. The maximum atomic E-state index is 5.35. The van der Waals surface area contributed by atoms with Crippen molar-refractivity contribution >= 4 is 29.9 Å². The second-order valence-corrected chi connectivity index (χ2v) is 6.22. The van der Waals surface area contributed by atoms with E-state index < -0.39 is 0 Å². The zero-order chi connectivity index (χ0) is 18.7. The van der Waals surface area contributed by atoms with Gasteiger partial charge < -0.3 is 19.6 Å². The minimum Gasteiger partial charge on any atom is -0.469 e. The van der Waals surface area contributed by atoms with Crippen molar-refractivity contribution < 1.29 is 4.42 Å². The van der Waals surface area contributed by atoms with Gasteiger partial charge in [-0.05, 0) is 24.6 Å². The molecule has 1 aromatic carbocycles. The zero-order valence-electron chi connectivity index (χ0n) is 16.2. The molecule has 2 heterocycles. The van der Waals surface area contributed by atoms with Gasteiger partial charge in [0.15, 0.2) is 5.96 Å². The molecule has 0 aliphatic rings. The van der Waals surface area contributed by atoms with E-state index in [2.05, 4.69) is 56.4 Å². The third-order valence-corrected chi connectivity index (χ3v) is 4.19. The van der Waals surface area contributed by atoms with E-state index in [0.29, 0.717) is 6.54 Å². The smallest absolute Gasteiger partial charge is 0.191 e. The number of aromatic nitrogens is 2. The molecule has 0 unspecified atom stereocenters. The Hall–Kier alpha value is -2.29. The van der Waals surface area contributed by atoms with Gasteiger partial charge in [-0.3, -0.25) is 4.99 Å². The van der Waals surface area contributed by atoms with E-state index in [1.165, 1.54) is 5.56 Å². The SMILES string of the molecule is CCNC(=NCCc1ccco1)NCCc1nccn1Cc1ccccc1.I. The Labute approximate surface area is 183 Å². The molecule has 0 atom stereocenters. The fraction of sp³-hybridized carbons (Fsp3) is 0.333. The third-order valence-electron chi connectivity index (χ3n) is 4.19. The Balaban J connectivity index is 0.00000280. The van der Waals surface area contributed by atoms with Gasteiger partial charge in [0, 0.05) is 51.4 Å². The van der Waals surface area contributed by atoms with Gasteiger partial charge in [-0.1, -0.05) is 30.3 Å². The largest absolute Gasteiger partial charge is 0.469 e. The lowest BCUT2D eigenvalue weighted by Crippen LogP contribution is -2.38. The molecule has 0 amide bonds. The van der Waals surface area contributed by atoms with Gasteiger partial charge in [0.25, 0.3) is 0 Å². The first kappa shape index (κ1) is 22.0. The lowest BCUT2D eigenvalue weighted by atomic mass is 10.2. The van der Waals surface area contributed by atoms with Crippen LogP contribution >= 0.6 is 24.0 Å². The number of aliphatic imine (C=N–C) groups is 1. The number of rotatable bonds is 9. The van der Waals surface area contributed by atoms with E-state index in [9.17, 15) is 0 Å². The normalized spacial score (nSPS) is 11.1. The number of guanidine groups is 1. The molecule has 2 aromatic heterocycles. The lowest BCUT2D eigenvalue weighted by Gasteiger charge is -2.12. The Morgan fingerprint density at radius 1 is 1.11 bits per heavy atom. The van der Waals surface area contributed by atoms with Gasteiger partial charge >= 0.3 is 0 Å². The van der Waals surface area contributed by atoms with Crippen LogP contribution in [-0.2, 0) is 19.4 Å². The summed E-state index contributed by atoms with van der Waals surface area (Å²) in [7, 11) is 0. The third kappa shape index (κ3) is 7.03. The van der Waals surface area contributed by atoms with E-state index in [-0.39, 0.29) is 24.0 Å². The fourth-order valence-electron chi connectivity index (χ4n) is 2.86. The molecule has 0 fully saturated rings. The Kier molecular flexibility index (Phi) is 9.61. The highest BCUT2D eigenvalue weighted by atomic mass is 127. The monoisotopic (exact) mass is 493 g/mol. The summed E-state index contributed by atoms with van der Waals surface area (Å²) < 4.78 is 7.54. The molecular formula is C21H28IN5O. The number of hydrogen-bond acceptors (Lipinski definition) is 3. The van der Waals surface area contributed by atoms with Crippen LogP contribution in [0.3, 0.4) is 0 Å².